The topological polar surface area (TPSA) is 65.0 Å². The van der Waals surface area contributed by atoms with Crippen LogP contribution in [0.5, 0.6) is 17.2 Å². The summed E-state index contributed by atoms with van der Waals surface area (Å²) in [4.78, 5) is 11.9. The van der Waals surface area contributed by atoms with Crippen molar-refractivity contribution in [2.24, 2.45) is 0 Å². The molecule has 0 aliphatic heterocycles. The number of phenols is 1. The Morgan fingerprint density at radius 2 is 1.43 bits per heavy atom. The Bertz CT molecular complexity index is 884. The second-order valence-corrected chi connectivity index (χ2v) is 6.21. The summed E-state index contributed by atoms with van der Waals surface area (Å²) in [6.07, 6.45) is 0.614. The van der Waals surface area contributed by atoms with Gasteiger partial charge in [0.05, 0.1) is 19.3 Å². The lowest BCUT2D eigenvalue weighted by atomic mass is 10.1. The zero-order chi connectivity index (χ0) is 19.8. The van der Waals surface area contributed by atoms with Crippen LogP contribution < -0.4 is 9.47 Å². The van der Waals surface area contributed by atoms with Crippen LogP contribution in [0.25, 0.3) is 0 Å². The molecular weight excluding hydrogens is 356 g/mol. The summed E-state index contributed by atoms with van der Waals surface area (Å²) in [6.45, 7) is 0.763. The number of ether oxygens (including phenoxy) is 3. The fourth-order valence-corrected chi connectivity index (χ4v) is 2.58. The SMILES string of the molecule is COc1ccc(COc2ccc(CCOC(=O)c3ccc(O)cc3)cc2)cc1. The van der Waals surface area contributed by atoms with Crippen molar-refractivity contribution in [3.05, 3.63) is 89.5 Å². The van der Waals surface area contributed by atoms with Gasteiger partial charge in [0.25, 0.3) is 0 Å². The molecule has 0 atom stereocenters. The third-order valence-corrected chi connectivity index (χ3v) is 4.21. The zero-order valence-electron chi connectivity index (χ0n) is 15.6. The van der Waals surface area contributed by atoms with Crippen molar-refractivity contribution in [3.63, 3.8) is 0 Å². The molecule has 0 saturated carbocycles. The van der Waals surface area contributed by atoms with Gasteiger partial charge in [0.2, 0.25) is 0 Å². The summed E-state index contributed by atoms with van der Waals surface area (Å²) in [5.41, 5.74) is 2.53. The summed E-state index contributed by atoms with van der Waals surface area (Å²) >= 11 is 0. The molecule has 3 rings (SSSR count). The maximum Gasteiger partial charge on any atom is 0.338 e. The van der Waals surface area contributed by atoms with E-state index in [0.717, 1.165) is 22.6 Å². The van der Waals surface area contributed by atoms with Crippen LogP contribution >= 0.6 is 0 Å². The summed E-state index contributed by atoms with van der Waals surface area (Å²) in [5, 5.41) is 9.24. The molecule has 0 aromatic heterocycles. The van der Waals surface area contributed by atoms with E-state index in [9.17, 15) is 9.90 Å². The predicted molar refractivity (Wildman–Crippen MR) is 106 cm³/mol. The van der Waals surface area contributed by atoms with Crippen LogP contribution in [0.15, 0.2) is 72.8 Å². The lowest BCUT2D eigenvalue weighted by Gasteiger charge is -2.09. The van der Waals surface area contributed by atoms with Crippen LogP contribution in [0, 0.1) is 0 Å². The third-order valence-electron chi connectivity index (χ3n) is 4.21. The highest BCUT2D eigenvalue weighted by Gasteiger charge is 2.07. The molecule has 5 heteroatoms. The highest BCUT2D eigenvalue weighted by atomic mass is 16.5. The maximum atomic E-state index is 11.9. The molecule has 5 nitrogen and oxygen atoms in total. The average Bonchev–Trinajstić information content (AvgIpc) is 2.74. The molecule has 0 saturated heterocycles. The number of carbonyl (C=O) groups is 1. The van der Waals surface area contributed by atoms with Crippen LogP contribution in [-0.4, -0.2) is 24.8 Å². The molecule has 0 bridgehead atoms. The number of hydrogen-bond donors (Lipinski definition) is 1. The molecule has 0 fully saturated rings. The molecule has 0 aliphatic carbocycles. The first kappa shape index (κ1) is 19.3. The molecule has 28 heavy (non-hydrogen) atoms. The van der Waals surface area contributed by atoms with Crippen molar-refractivity contribution in [2.45, 2.75) is 13.0 Å². The first-order valence-electron chi connectivity index (χ1n) is 8.95. The molecule has 0 radical (unpaired) electrons. The number of aromatic hydroxyl groups is 1. The summed E-state index contributed by atoms with van der Waals surface area (Å²) in [7, 11) is 1.64. The van der Waals surface area contributed by atoms with Crippen LogP contribution in [0.1, 0.15) is 21.5 Å². The minimum absolute atomic E-state index is 0.117. The number of hydrogen-bond acceptors (Lipinski definition) is 5. The molecule has 3 aromatic rings. The molecule has 0 unspecified atom stereocenters. The van der Waals surface area contributed by atoms with Gasteiger partial charge in [0, 0.05) is 6.42 Å². The van der Waals surface area contributed by atoms with E-state index in [2.05, 4.69) is 0 Å². The van der Waals surface area contributed by atoms with Crippen LogP contribution in [0.4, 0.5) is 0 Å². The second-order valence-electron chi connectivity index (χ2n) is 6.21. The highest BCUT2D eigenvalue weighted by molar-refractivity contribution is 5.89. The van der Waals surface area contributed by atoms with Crippen LogP contribution in [0.3, 0.4) is 0 Å². The van der Waals surface area contributed by atoms with Gasteiger partial charge in [0.15, 0.2) is 0 Å². The smallest absolute Gasteiger partial charge is 0.338 e. The Morgan fingerprint density at radius 1 is 0.821 bits per heavy atom. The van der Waals surface area contributed by atoms with Crippen molar-refractivity contribution in [1.29, 1.82) is 0 Å². The van der Waals surface area contributed by atoms with Gasteiger partial charge >= 0.3 is 5.97 Å². The van der Waals surface area contributed by atoms with E-state index in [1.165, 1.54) is 24.3 Å². The van der Waals surface area contributed by atoms with Gasteiger partial charge in [-0.2, -0.15) is 0 Å². The van der Waals surface area contributed by atoms with Crippen molar-refractivity contribution in [1.82, 2.24) is 0 Å². The standard InChI is InChI=1S/C23H22O5/c1-26-21-10-4-18(5-11-21)16-28-22-12-2-17(3-13-22)14-15-27-23(25)19-6-8-20(24)9-7-19/h2-13,24H,14-16H2,1H3. The Labute approximate surface area is 164 Å². The Morgan fingerprint density at radius 3 is 2.07 bits per heavy atom. The largest absolute Gasteiger partial charge is 0.508 e. The van der Waals surface area contributed by atoms with Gasteiger partial charge < -0.3 is 19.3 Å². The van der Waals surface area contributed by atoms with Crippen LogP contribution in [0.2, 0.25) is 0 Å². The molecule has 0 amide bonds. The van der Waals surface area contributed by atoms with Gasteiger partial charge in [-0.25, -0.2) is 4.79 Å². The van der Waals surface area contributed by atoms with Gasteiger partial charge in [-0.15, -0.1) is 0 Å². The minimum Gasteiger partial charge on any atom is -0.508 e. The third kappa shape index (κ3) is 5.51. The molecule has 3 aromatic carbocycles. The van der Waals surface area contributed by atoms with E-state index in [4.69, 9.17) is 14.2 Å². The Balaban J connectivity index is 1.43. The number of carbonyl (C=O) groups excluding carboxylic acids is 1. The van der Waals surface area contributed by atoms with Crippen molar-refractivity contribution in [3.8, 4) is 17.2 Å². The highest BCUT2D eigenvalue weighted by Crippen LogP contribution is 2.17. The molecular formula is C23H22O5. The molecule has 0 heterocycles. The first-order chi connectivity index (χ1) is 13.6. The van der Waals surface area contributed by atoms with Gasteiger partial charge in [0.1, 0.15) is 23.9 Å². The fraction of sp³-hybridized carbons (Fsp3) is 0.174. The van der Waals surface area contributed by atoms with E-state index < -0.39 is 5.97 Å². The molecule has 1 N–H and O–H groups in total. The van der Waals surface area contributed by atoms with Crippen molar-refractivity contribution >= 4 is 5.97 Å². The van der Waals surface area contributed by atoms with Crippen molar-refractivity contribution < 1.29 is 24.1 Å². The maximum absolute atomic E-state index is 11.9. The van der Waals surface area contributed by atoms with E-state index in [1.807, 2.05) is 48.5 Å². The molecule has 0 spiro atoms. The van der Waals surface area contributed by atoms with E-state index in [-0.39, 0.29) is 12.4 Å². The fourth-order valence-electron chi connectivity index (χ4n) is 2.58. The molecule has 0 aliphatic rings. The zero-order valence-corrected chi connectivity index (χ0v) is 15.6. The number of methoxy groups -OCH3 is 1. The Kier molecular flexibility index (Phi) is 6.52. The van der Waals surface area contributed by atoms with Gasteiger partial charge in [-0.3, -0.25) is 0 Å². The van der Waals surface area contributed by atoms with E-state index in [1.54, 1.807) is 7.11 Å². The summed E-state index contributed by atoms with van der Waals surface area (Å²) in [6, 6.07) is 21.5. The van der Waals surface area contributed by atoms with E-state index in [0.29, 0.717) is 18.6 Å². The lowest BCUT2D eigenvalue weighted by molar-refractivity contribution is 0.0509. The second kappa shape index (κ2) is 9.46. The summed E-state index contributed by atoms with van der Waals surface area (Å²) < 4.78 is 16.2. The molecule has 144 valence electrons. The monoisotopic (exact) mass is 378 g/mol. The number of phenolic OH excluding ortho intramolecular Hbond substituents is 1. The van der Waals surface area contributed by atoms with Crippen LogP contribution in [-0.2, 0) is 17.8 Å². The predicted octanol–water partition coefficient (Wildman–Crippen LogP) is 4.38. The van der Waals surface area contributed by atoms with Gasteiger partial charge in [-0.05, 0) is 59.7 Å². The van der Waals surface area contributed by atoms with E-state index >= 15 is 0 Å². The number of rotatable bonds is 8. The number of esters is 1. The first-order valence-corrected chi connectivity index (χ1v) is 8.95. The average molecular weight is 378 g/mol. The summed E-state index contributed by atoms with van der Waals surface area (Å²) in [5.74, 6) is 1.31. The van der Waals surface area contributed by atoms with Gasteiger partial charge in [-0.1, -0.05) is 24.3 Å². The van der Waals surface area contributed by atoms with Crippen molar-refractivity contribution in [2.75, 3.05) is 13.7 Å². The lowest BCUT2D eigenvalue weighted by Crippen LogP contribution is -2.08. The minimum atomic E-state index is -0.403. The Hall–Kier alpha value is -3.47. The normalized spacial score (nSPS) is 10.3. The number of benzene rings is 3. The quantitative estimate of drug-likeness (QED) is 0.589.